The minimum atomic E-state index is -3.18. The van der Waals surface area contributed by atoms with E-state index in [1.807, 2.05) is 0 Å². The summed E-state index contributed by atoms with van der Waals surface area (Å²) in [7, 11) is -3.18. The molecule has 0 aliphatic heterocycles. The van der Waals surface area contributed by atoms with Crippen molar-refractivity contribution < 1.29 is 13.6 Å². The molecule has 0 fully saturated rings. The van der Waals surface area contributed by atoms with Gasteiger partial charge in [0.2, 0.25) is 0 Å². The largest absolute Gasteiger partial charge is 0.427 e. The summed E-state index contributed by atoms with van der Waals surface area (Å²) in [6.45, 7) is 14.5. The SMILES string of the molecule is CC1=C(OP(C)(=O)OC2=C(C)CCCC2(C)C)C(C)(C)CCC1. The molecule has 132 valence electrons. The Morgan fingerprint density at radius 2 is 1.17 bits per heavy atom. The molecule has 0 aromatic rings. The van der Waals surface area contributed by atoms with E-state index in [4.69, 9.17) is 9.05 Å². The minimum absolute atomic E-state index is 0.0666. The van der Waals surface area contributed by atoms with Crippen LogP contribution >= 0.6 is 7.60 Å². The third-order valence-electron chi connectivity index (χ3n) is 5.23. The molecule has 0 saturated heterocycles. The van der Waals surface area contributed by atoms with E-state index in [1.54, 1.807) is 6.66 Å². The number of hydrogen-bond acceptors (Lipinski definition) is 3. The van der Waals surface area contributed by atoms with E-state index >= 15 is 0 Å². The van der Waals surface area contributed by atoms with Gasteiger partial charge in [-0.15, -0.1) is 0 Å². The molecule has 3 nitrogen and oxygen atoms in total. The molecule has 2 rings (SSSR count). The van der Waals surface area contributed by atoms with Crippen LogP contribution in [0.2, 0.25) is 0 Å². The van der Waals surface area contributed by atoms with Gasteiger partial charge in [-0.25, -0.2) is 4.57 Å². The van der Waals surface area contributed by atoms with Crippen LogP contribution in [0.25, 0.3) is 0 Å². The van der Waals surface area contributed by atoms with E-state index in [0.29, 0.717) is 0 Å². The lowest BCUT2D eigenvalue weighted by Gasteiger charge is -2.38. The molecule has 0 saturated carbocycles. The Morgan fingerprint density at radius 3 is 1.48 bits per heavy atom. The number of hydrogen-bond donors (Lipinski definition) is 0. The highest BCUT2D eigenvalue weighted by molar-refractivity contribution is 7.53. The molecular formula is C19H33O3P. The highest BCUT2D eigenvalue weighted by Crippen LogP contribution is 2.57. The second-order valence-electron chi connectivity index (χ2n) is 8.65. The maximum atomic E-state index is 13.1. The number of allylic oxidation sites excluding steroid dienone is 4. The van der Waals surface area contributed by atoms with Crippen molar-refractivity contribution in [1.29, 1.82) is 0 Å². The van der Waals surface area contributed by atoms with Crippen LogP contribution in [0.3, 0.4) is 0 Å². The highest BCUT2D eigenvalue weighted by atomic mass is 31.2. The summed E-state index contributed by atoms with van der Waals surface area (Å²) in [5.41, 5.74) is 2.28. The Kier molecular flexibility index (Phi) is 5.12. The Balaban J connectivity index is 2.24. The predicted octanol–water partition coefficient (Wildman–Crippen LogP) is 6.81. The molecule has 0 aromatic carbocycles. The first-order valence-corrected chi connectivity index (χ1v) is 10.8. The third-order valence-corrected chi connectivity index (χ3v) is 6.25. The maximum absolute atomic E-state index is 13.1. The van der Waals surface area contributed by atoms with Gasteiger partial charge in [0.05, 0.1) is 6.66 Å². The van der Waals surface area contributed by atoms with Crippen molar-refractivity contribution in [3.05, 3.63) is 22.7 Å². The van der Waals surface area contributed by atoms with Crippen molar-refractivity contribution in [2.45, 2.75) is 80.1 Å². The molecular weight excluding hydrogens is 307 g/mol. The maximum Gasteiger partial charge on any atom is 0.427 e. The predicted molar refractivity (Wildman–Crippen MR) is 96.4 cm³/mol. The molecule has 0 unspecified atom stereocenters. The molecule has 0 bridgehead atoms. The van der Waals surface area contributed by atoms with Crippen LogP contribution in [-0.2, 0) is 13.6 Å². The molecule has 0 heterocycles. The van der Waals surface area contributed by atoms with Crippen molar-refractivity contribution in [1.82, 2.24) is 0 Å². The van der Waals surface area contributed by atoms with Crippen LogP contribution in [0.4, 0.5) is 0 Å². The first kappa shape index (κ1) is 18.6. The van der Waals surface area contributed by atoms with Crippen LogP contribution in [0.15, 0.2) is 22.7 Å². The van der Waals surface area contributed by atoms with Crippen LogP contribution < -0.4 is 0 Å². The van der Waals surface area contributed by atoms with Gasteiger partial charge in [-0.1, -0.05) is 27.7 Å². The van der Waals surface area contributed by atoms with Crippen molar-refractivity contribution in [3.8, 4) is 0 Å². The molecule has 0 atom stereocenters. The molecule has 0 aromatic heterocycles. The standard InChI is InChI=1S/C19H33O3P/c1-14-10-8-12-18(3,4)16(14)21-23(7,20)22-17-15(2)11-9-13-19(17,5)6/h8-13H2,1-7H3. The monoisotopic (exact) mass is 340 g/mol. The second-order valence-corrected chi connectivity index (χ2v) is 10.6. The zero-order valence-corrected chi connectivity index (χ0v) is 16.8. The van der Waals surface area contributed by atoms with Crippen LogP contribution in [-0.4, -0.2) is 6.66 Å². The summed E-state index contributed by atoms with van der Waals surface area (Å²) in [5.74, 6) is 1.75. The van der Waals surface area contributed by atoms with Crippen molar-refractivity contribution in [3.63, 3.8) is 0 Å². The summed E-state index contributed by atoms with van der Waals surface area (Å²) >= 11 is 0. The van der Waals surface area contributed by atoms with Crippen LogP contribution in [0, 0.1) is 10.8 Å². The first-order chi connectivity index (χ1) is 10.4. The summed E-state index contributed by atoms with van der Waals surface area (Å²) in [6.07, 6.45) is 6.49. The summed E-state index contributed by atoms with van der Waals surface area (Å²) < 4.78 is 25.2. The highest BCUT2D eigenvalue weighted by Gasteiger charge is 2.38. The van der Waals surface area contributed by atoms with Gasteiger partial charge in [-0.2, -0.15) is 0 Å². The second kappa shape index (κ2) is 6.31. The van der Waals surface area contributed by atoms with E-state index in [2.05, 4.69) is 41.5 Å². The number of rotatable bonds is 4. The van der Waals surface area contributed by atoms with E-state index in [9.17, 15) is 4.57 Å². The quantitative estimate of drug-likeness (QED) is 0.527. The van der Waals surface area contributed by atoms with E-state index < -0.39 is 7.60 Å². The average molecular weight is 340 g/mol. The zero-order valence-electron chi connectivity index (χ0n) is 15.9. The Bertz CT molecular complexity index is 533. The third kappa shape index (κ3) is 4.24. The molecule has 23 heavy (non-hydrogen) atoms. The smallest absolute Gasteiger partial charge is 0.420 e. The lowest BCUT2D eigenvalue weighted by Crippen LogP contribution is -2.24. The fourth-order valence-corrected chi connectivity index (χ4v) is 5.46. The molecule has 0 spiro atoms. The Labute approximate surface area is 142 Å². The van der Waals surface area contributed by atoms with Gasteiger partial charge < -0.3 is 9.05 Å². The molecule has 0 amide bonds. The summed E-state index contributed by atoms with van der Waals surface area (Å²) in [6, 6.07) is 0. The fourth-order valence-electron chi connectivity index (χ4n) is 3.95. The van der Waals surface area contributed by atoms with E-state index in [0.717, 1.165) is 50.0 Å². The fraction of sp³-hybridized carbons (Fsp3) is 0.789. The first-order valence-electron chi connectivity index (χ1n) is 8.82. The van der Waals surface area contributed by atoms with Gasteiger partial charge in [0, 0.05) is 10.8 Å². The minimum Gasteiger partial charge on any atom is -0.420 e. The molecule has 4 heteroatoms. The van der Waals surface area contributed by atoms with Crippen molar-refractivity contribution in [2.75, 3.05) is 6.66 Å². The average Bonchev–Trinajstić information content (AvgIpc) is 2.38. The molecule has 0 radical (unpaired) electrons. The van der Waals surface area contributed by atoms with E-state index in [1.165, 1.54) is 11.1 Å². The topological polar surface area (TPSA) is 35.5 Å². The van der Waals surface area contributed by atoms with Crippen LogP contribution in [0.1, 0.15) is 80.1 Å². The van der Waals surface area contributed by atoms with Gasteiger partial charge in [0.15, 0.2) is 0 Å². The zero-order chi connectivity index (χ0) is 17.5. The summed E-state index contributed by atoms with van der Waals surface area (Å²) in [5, 5.41) is 0. The van der Waals surface area contributed by atoms with Gasteiger partial charge >= 0.3 is 7.60 Å². The molecule has 0 N–H and O–H groups in total. The van der Waals surface area contributed by atoms with Gasteiger partial charge in [-0.3, -0.25) is 0 Å². The Morgan fingerprint density at radius 1 is 0.826 bits per heavy atom. The molecule has 2 aliphatic rings. The lowest BCUT2D eigenvalue weighted by atomic mass is 9.78. The molecule has 2 aliphatic carbocycles. The Hall–Kier alpha value is -0.690. The van der Waals surface area contributed by atoms with Crippen LogP contribution in [0.5, 0.6) is 0 Å². The van der Waals surface area contributed by atoms with Crippen molar-refractivity contribution >= 4 is 7.60 Å². The summed E-state index contributed by atoms with van der Waals surface area (Å²) in [4.78, 5) is 0. The van der Waals surface area contributed by atoms with E-state index in [-0.39, 0.29) is 10.8 Å². The lowest BCUT2D eigenvalue weighted by molar-refractivity contribution is 0.174. The normalized spacial score (nSPS) is 24.7. The van der Waals surface area contributed by atoms with Gasteiger partial charge in [0.25, 0.3) is 0 Å². The van der Waals surface area contributed by atoms with Crippen molar-refractivity contribution in [2.24, 2.45) is 10.8 Å². The van der Waals surface area contributed by atoms with Gasteiger partial charge in [0.1, 0.15) is 11.5 Å². The van der Waals surface area contributed by atoms with Gasteiger partial charge in [-0.05, 0) is 63.5 Å².